The van der Waals surface area contributed by atoms with Crippen LogP contribution < -0.4 is 0 Å². The Balaban J connectivity index is 1.26. The maximum Gasteiger partial charge on any atom is 0.164 e. The number of furan rings is 1. The molecule has 0 aliphatic rings. The molecule has 5 heteroatoms. The molecule has 4 nitrogen and oxygen atoms in total. The van der Waals surface area contributed by atoms with Crippen molar-refractivity contribution in [1.82, 2.24) is 15.0 Å². The van der Waals surface area contributed by atoms with Crippen LogP contribution in [0.1, 0.15) is 0 Å². The third kappa shape index (κ3) is 4.33. The maximum atomic E-state index is 6.75. The lowest BCUT2D eigenvalue weighted by Gasteiger charge is -2.11. The molecule has 0 fully saturated rings. The van der Waals surface area contributed by atoms with Crippen LogP contribution in [0, 0.1) is 0 Å². The van der Waals surface area contributed by atoms with E-state index in [1.54, 1.807) is 11.3 Å². The first kappa shape index (κ1) is 27.0. The zero-order valence-electron chi connectivity index (χ0n) is 25.6. The topological polar surface area (TPSA) is 51.8 Å². The zero-order chi connectivity index (χ0) is 31.6. The third-order valence-electron chi connectivity index (χ3n) is 9.12. The fraction of sp³-hybridized carbons (Fsp3) is 0. The van der Waals surface area contributed by atoms with Gasteiger partial charge in [-0.3, -0.25) is 0 Å². The number of benzene rings is 7. The molecule has 10 aromatic rings. The fourth-order valence-electron chi connectivity index (χ4n) is 6.80. The van der Waals surface area contributed by atoms with E-state index in [0.717, 1.165) is 60.5 Å². The molecule has 3 heterocycles. The van der Waals surface area contributed by atoms with Crippen LogP contribution in [0.25, 0.3) is 98.2 Å². The van der Waals surface area contributed by atoms with E-state index in [4.69, 9.17) is 19.4 Å². The van der Waals surface area contributed by atoms with Gasteiger partial charge >= 0.3 is 0 Å². The van der Waals surface area contributed by atoms with Crippen molar-refractivity contribution >= 4 is 64.2 Å². The quantitative estimate of drug-likeness (QED) is 0.194. The van der Waals surface area contributed by atoms with Gasteiger partial charge in [-0.05, 0) is 52.7 Å². The first-order chi connectivity index (χ1) is 23.8. The molecule has 0 bridgehead atoms. The molecule has 3 aromatic heterocycles. The number of hydrogen-bond acceptors (Lipinski definition) is 5. The third-order valence-corrected chi connectivity index (χ3v) is 10.3. The minimum atomic E-state index is 0.607. The minimum Gasteiger partial charge on any atom is -0.455 e. The van der Waals surface area contributed by atoms with Crippen LogP contribution in [-0.2, 0) is 0 Å². The van der Waals surface area contributed by atoms with Crippen molar-refractivity contribution in [2.75, 3.05) is 0 Å². The van der Waals surface area contributed by atoms with Crippen LogP contribution in [0.4, 0.5) is 0 Å². The Labute approximate surface area is 279 Å². The van der Waals surface area contributed by atoms with E-state index in [1.165, 1.54) is 20.2 Å². The summed E-state index contributed by atoms with van der Waals surface area (Å²) in [5, 5.41) is 6.83. The summed E-state index contributed by atoms with van der Waals surface area (Å²) in [4.78, 5) is 15.4. The summed E-state index contributed by atoms with van der Waals surface area (Å²) in [5.41, 5.74) is 6.57. The Morgan fingerprint density at radius 1 is 0.417 bits per heavy atom. The highest BCUT2D eigenvalue weighted by atomic mass is 32.1. The average molecular weight is 632 g/mol. The van der Waals surface area contributed by atoms with Gasteiger partial charge in [-0.25, -0.2) is 15.0 Å². The number of nitrogens with zero attached hydrogens (tertiary/aromatic N) is 3. The van der Waals surface area contributed by atoms with Gasteiger partial charge in [0.05, 0.1) is 0 Å². The summed E-state index contributed by atoms with van der Waals surface area (Å²) in [6.07, 6.45) is 0. The Hall–Kier alpha value is -6.17. The van der Waals surface area contributed by atoms with Crippen molar-refractivity contribution in [3.05, 3.63) is 152 Å². The molecule has 0 aliphatic carbocycles. The highest BCUT2D eigenvalue weighted by Crippen LogP contribution is 2.43. The lowest BCUT2D eigenvalue weighted by atomic mass is 9.97. The van der Waals surface area contributed by atoms with E-state index in [-0.39, 0.29) is 0 Å². The van der Waals surface area contributed by atoms with Crippen molar-refractivity contribution in [2.45, 2.75) is 0 Å². The summed E-state index contributed by atoms with van der Waals surface area (Å²) in [6, 6.07) is 52.7. The van der Waals surface area contributed by atoms with Gasteiger partial charge in [0.25, 0.3) is 0 Å². The molecule has 0 spiro atoms. The standard InChI is InChI=1S/C43H25N3OS/c1-3-11-26(12-4-1)31-21-22-34(39-35-23-28-15-7-8-16-29(28)24-36(35)47-40(31)39)43-45-41(27-13-5-2-6-14-27)44-42(46-43)30-19-20-33-32-17-9-10-18-37(32)48-38(33)25-30/h1-25H. The molecule has 0 unspecified atom stereocenters. The SMILES string of the molecule is c1ccc(-c2nc(-c3ccc4c(c3)sc3ccccc34)nc(-c3ccc(-c4ccccc4)c4oc5cc6ccccc6cc5c34)n2)cc1. The molecule has 224 valence electrons. The lowest BCUT2D eigenvalue weighted by molar-refractivity contribution is 0.670. The number of rotatable bonds is 4. The van der Waals surface area contributed by atoms with Crippen molar-refractivity contribution in [2.24, 2.45) is 0 Å². The molecule has 48 heavy (non-hydrogen) atoms. The highest BCUT2D eigenvalue weighted by molar-refractivity contribution is 7.25. The number of fused-ring (bicyclic) bond motifs is 7. The monoisotopic (exact) mass is 631 g/mol. The van der Waals surface area contributed by atoms with E-state index < -0.39 is 0 Å². The van der Waals surface area contributed by atoms with Crippen molar-refractivity contribution in [3.8, 4) is 45.3 Å². The molecule has 0 saturated heterocycles. The molecule has 0 radical (unpaired) electrons. The molecule has 0 amide bonds. The normalized spacial score (nSPS) is 11.8. The van der Waals surface area contributed by atoms with Gasteiger partial charge in [0.1, 0.15) is 11.2 Å². The van der Waals surface area contributed by atoms with Crippen molar-refractivity contribution in [3.63, 3.8) is 0 Å². The second-order valence-corrected chi connectivity index (χ2v) is 13.1. The van der Waals surface area contributed by atoms with Gasteiger partial charge < -0.3 is 4.42 Å². The van der Waals surface area contributed by atoms with Gasteiger partial charge in [0.15, 0.2) is 17.5 Å². The van der Waals surface area contributed by atoms with Gasteiger partial charge in [-0.15, -0.1) is 11.3 Å². The fourth-order valence-corrected chi connectivity index (χ4v) is 7.95. The summed E-state index contributed by atoms with van der Waals surface area (Å²) in [6.45, 7) is 0. The van der Waals surface area contributed by atoms with Crippen LogP contribution in [0.3, 0.4) is 0 Å². The molecule has 0 aliphatic heterocycles. The predicted molar refractivity (Wildman–Crippen MR) is 199 cm³/mol. The Morgan fingerprint density at radius 3 is 1.85 bits per heavy atom. The van der Waals surface area contributed by atoms with Crippen LogP contribution in [-0.4, -0.2) is 15.0 Å². The second kappa shape index (κ2) is 10.7. The molecule has 0 N–H and O–H groups in total. The Bertz CT molecular complexity index is 2840. The van der Waals surface area contributed by atoms with E-state index >= 15 is 0 Å². The van der Waals surface area contributed by atoms with Crippen LogP contribution in [0.2, 0.25) is 0 Å². The maximum absolute atomic E-state index is 6.75. The van der Waals surface area contributed by atoms with Gasteiger partial charge in [-0.2, -0.15) is 0 Å². The molecular weight excluding hydrogens is 607 g/mol. The molecule has 7 aromatic carbocycles. The highest BCUT2D eigenvalue weighted by Gasteiger charge is 2.21. The van der Waals surface area contributed by atoms with Crippen LogP contribution in [0.5, 0.6) is 0 Å². The lowest BCUT2D eigenvalue weighted by Crippen LogP contribution is -2.00. The van der Waals surface area contributed by atoms with Gasteiger partial charge in [0, 0.05) is 53.2 Å². The van der Waals surface area contributed by atoms with E-state index in [0.29, 0.717) is 17.5 Å². The number of hydrogen-bond donors (Lipinski definition) is 0. The summed E-state index contributed by atoms with van der Waals surface area (Å²) in [5.74, 6) is 1.87. The average Bonchev–Trinajstić information content (AvgIpc) is 3.72. The zero-order valence-corrected chi connectivity index (χ0v) is 26.4. The van der Waals surface area contributed by atoms with E-state index in [2.05, 4.69) is 115 Å². The first-order valence-corrected chi connectivity index (χ1v) is 16.8. The minimum absolute atomic E-state index is 0.607. The summed E-state index contributed by atoms with van der Waals surface area (Å²) in [7, 11) is 0. The summed E-state index contributed by atoms with van der Waals surface area (Å²) >= 11 is 1.79. The molecule has 0 saturated carbocycles. The van der Waals surface area contributed by atoms with Gasteiger partial charge in [-0.1, -0.05) is 115 Å². The first-order valence-electron chi connectivity index (χ1n) is 15.9. The Kier molecular flexibility index (Phi) is 6.01. The van der Waals surface area contributed by atoms with E-state index in [1.807, 2.05) is 36.4 Å². The molecule has 10 rings (SSSR count). The number of aromatic nitrogens is 3. The smallest absolute Gasteiger partial charge is 0.164 e. The number of thiophene rings is 1. The van der Waals surface area contributed by atoms with Crippen molar-refractivity contribution in [1.29, 1.82) is 0 Å². The summed E-state index contributed by atoms with van der Waals surface area (Å²) < 4.78 is 9.22. The van der Waals surface area contributed by atoms with Gasteiger partial charge in [0.2, 0.25) is 0 Å². The van der Waals surface area contributed by atoms with Crippen LogP contribution in [0.15, 0.2) is 156 Å². The largest absolute Gasteiger partial charge is 0.455 e. The van der Waals surface area contributed by atoms with Crippen LogP contribution >= 0.6 is 11.3 Å². The second-order valence-electron chi connectivity index (χ2n) is 12.0. The molecule has 0 atom stereocenters. The Morgan fingerprint density at radius 2 is 1.04 bits per heavy atom. The molecular formula is C43H25N3OS. The van der Waals surface area contributed by atoms with E-state index in [9.17, 15) is 0 Å². The van der Waals surface area contributed by atoms with Crippen molar-refractivity contribution < 1.29 is 4.42 Å². The predicted octanol–water partition coefficient (Wildman–Crippen LogP) is 12.0.